The number of aromatic nitrogens is 4. The molecule has 9 heteroatoms. The first kappa shape index (κ1) is 24.2. The molecule has 0 amide bonds. The van der Waals surface area contributed by atoms with E-state index in [1.165, 1.54) is 0 Å². The van der Waals surface area contributed by atoms with Crippen LogP contribution in [0.4, 0.5) is 11.5 Å². The highest BCUT2D eigenvalue weighted by Gasteiger charge is 2.36. The van der Waals surface area contributed by atoms with E-state index in [-0.39, 0.29) is 5.04 Å². The summed E-state index contributed by atoms with van der Waals surface area (Å²) in [6, 6.07) is 5.73. The smallest absolute Gasteiger partial charge is 0.191 e. The number of nitriles is 1. The van der Waals surface area contributed by atoms with E-state index in [1.807, 2.05) is 24.6 Å². The predicted molar refractivity (Wildman–Crippen MR) is 132 cm³/mol. The van der Waals surface area contributed by atoms with Crippen LogP contribution < -0.4 is 4.90 Å². The SMILES string of the molecule is Cc1cc(C#N)ncc1N(CCCO[Si](C)(C)C(C)(C)C)c1cc(Cl)c2ncn(C)c2n1. The first-order valence-electron chi connectivity index (χ1n) is 10.7. The fourth-order valence-corrected chi connectivity index (χ4v) is 4.52. The lowest BCUT2D eigenvalue weighted by molar-refractivity contribution is 0.284. The van der Waals surface area contributed by atoms with Crippen LogP contribution in [-0.4, -0.2) is 41.0 Å². The number of rotatable bonds is 7. The number of hydrogen-bond donors (Lipinski definition) is 0. The average molecular weight is 471 g/mol. The number of aryl methyl sites for hydroxylation is 2. The Balaban J connectivity index is 1.93. The van der Waals surface area contributed by atoms with Gasteiger partial charge >= 0.3 is 0 Å². The standard InChI is InChI=1S/C23H31ClN6OSi/c1-16-11-17(13-25)26-14-19(16)30(9-8-10-31-32(6,7)23(2,3)4)20-12-18(24)21-22(28-20)29(5)15-27-21/h11-12,14-15H,8-10H2,1-7H3. The molecule has 0 spiro atoms. The summed E-state index contributed by atoms with van der Waals surface area (Å²) in [6.07, 6.45) is 4.25. The molecule has 0 bridgehead atoms. The number of pyridine rings is 2. The van der Waals surface area contributed by atoms with Crippen molar-refractivity contribution >= 4 is 42.6 Å². The Morgan fingerprint density at radius 3 is 2.59 bits per heavy atom. The summed E-state index contributed by atoms with van der Waals surface area (Å²) in [4.78, 5) is 15.6. The van der Waals surface area contributed by atoms with E-state index in [4.69, 9.17) is 21.0 Å². The number of imidazole rings is 1. The van der Waals surface area contributed by atoms with Gasteiger partial charge in [-0.2, -0.15) is 5.26 Å². The first-order chi connectivity index (χ1) is 14.9. The molecule has 7 nitrogen and oxygen atoms in total. The molecule has 0 saturated carbocycles. The Hall–Kier alpha value is -2.47. The van der Waals surface area contributed by atoms with E-state index in [0.29, 0.717) is 40.8 Å². The third-order valence-corrected chi connectivity index (χ3v) is 11.0. The molecule has 0 N–H and O–H groups in total. The number of halogens is 1. The molecule has 0 unspecified atom stereocenters. The zero-order valence-electron chi connectivity index (χ0n) is 19.9. The Labute approximate surface area is 196 Å². The molecule has 0 aliphatic heterocycles. The minimum atomic E-state index is -1.82. The normalized spacial score (nSPS) is 12.2. The molecular weight excluding hydrogens is 440 g/mol. The van der Waals surface area contributed by atoms with E-state index < -0.39 is 8.32 Å². The maximum absolute atomic E-state index is 9.21. The highest BCUT2D eigenvalue weighted by molar-refractivity contribution is 6.74. The summed E-state index contributed by atoms with van der Waals surface area (Å²) in [7, 11) is 0.0796. The summed E-state index contributed by atoms with van der Waals surface area (Å²) < 4.78 is 8.23. The molecule has 3 heterocycles. The molecule has 32 heavy (non-hydrogen) atoms. The second-order valence-electron chi connectivity index (χ2n) is 9.57. The fourth-order valence-electron chi connectivity index (χ4n) is 3.20. The second kappa shape index (κ2) is 9.18. The van der Waals surface area contributed by atoms with E-state index in [2.05, 4.69) is 54.8 Å². The minimum Gasteiger partial charge on any atom is -0.417 e. The van der Waals surface area contributed by atoms with Gasteiger partial charge in [0, 0.05) is 26.3 Å². The Morgan fingerprint density at radius 1 is 1.25 bits per heavy atom. The van der Waals surface area contributed by atoms with Crippen molar-refractivity contribution in [3.63, 3.8) is 0 Å². The van der Waals surface area contributed by atoms with Gasteiger partial charge in [0.05, 0.1) is 23.2 Å². The zero-order valence-corrected chi connectivity index (χ0v) is 21.7. The summed E-state index contributed by atoms with van der Waals surface area (Å²) in [6.45, 7) is 14.6. The fraction of sp³-hybridized carbons (Fsp3) is 0.478. The van der Waals surface area contributed by atoms with Gasteiger partial charge in [-0.05, 0) is 43.1 Å². The number of nitrogens with zero attached hydrogens (tertiary/aromatic N) is 6. The molecule has 170 valence electrons. The van der Waals surface area contributed by atoms with E-state index in [1.54, 1.807) is 18.6 Å². The highest BCUT2D eigenvalue weighted by atomic mass is 35.5. The van der Waals surface area contributed by atoms with Crippen molar-refractivity contribution < 1.29 is 4.43 Å². The summed E-state index contributed by atoms with van der Waals surface area (Å²) in [5, 5.41) is 9.92. The van der Waals surface area contributed by atoms with Gasteiger partial charge in [-0.3, -0.25) is 0 Å². The van der Waals surface area contributed by atoms with Crippen molar-refractivity contribution in [2.45, 2.75) is 52.2 Å². The lowest BCUT2D eigenvalue weighted by Crippen LogP contribution is -2.41. The second-order valence-corrected chi connectivity index (χ2v) is 14.8. The zero-order chi connectivity index (χ0) is 23.7. The van der Waals surface area contributed by atoms with Crippen LogP contribution in [0, 0.1) is 18.3 Å². The van der Waals surface area contributed by atoms with Crippen LogP contribution in [0.3, 0.4) is 0 Å². The first-order valence-corrected chi connectivity index (χ1v) is 14.0. The highest BCUT2D eigenvalue weighted by Crippen LogP contribution is 2.37. The van der Waals surface area contributed by atoms with Crippen LogP contribution in [0.2, 0.25) is 23.2 Å². The molecule has 0 fully saturated rings. The monoisotopic (exact) mass is 470 g/mol. The third kappa shape index (κ3) is 4.95. The van der Waals surface area contributed by atoms with Crippen molar-refractivity contribution in [2.75, 3.05) is 18.1 Å². The maximum Gasteiger partial charge on any atom is 0.191 e. The van der Waals surface area contributed by atoms with Gasteiger partial charge in [0.2, 0.25) is 0 Å². The molecule has 0 aromatic carbocycles. The van der Waals surface area contributed by atoms with Crippen molar-refractivity contribution in [3.05, 3.63) is 40.9 Å². The van der Waals surface area contributed by atoms with Gasteiger partial charge in [-0.15, -0.1) is 0 Å². The molecule has 3 aromatic rings. The van der Waals surface area contributed by atoms with Crippen molar-refractivity contribution in [1.29, 1.82) is 5.26 Å². The van der Waals surface area contributed by atoms with E-state index in [0.717, 1.165) is 17.7 Å². The van der Waals surface area contributed by atoms with Crippen molar-refractivity contribution in [2.24, 2.45) is 7.05 Å². The van der Waals surface area contributed by atoms with Crippen molar-refractivity contribution in [1.82, 2.24) is 19.5 Å². The topological polar surface area (TPSA) is 79.9 Å². The molecule has 0 atom stereocenters. The van der Waals surface area contributed by atoms with Gasteiger partial charge in [-0.25, -0.2) is 15.0 Å². The van der Waals surface area contributed by atoms with Crippen LogP contribution in [0.1, 0.15) is 38.4 Å². The largest absolute Gasteiger partial charge is 0.417 e. The number of anilines is 2. The summed E-state index contributed by atoms with van der Waals surface area (Å²) >= 11 is 6.55. The Bertz CT molecular complexity index is 1160. The average Bonchev–Trinajstić information content (AvgIpc) is 3.09. The van der Waals surface area contributed by atoms with Crippen LogP contribution in [0.15, 0.2) is 24.7 Å². The van der Waals surface area contributed by atoms with Crippen LogP contribution in [-0.2, 0) is 11.5 Å². The quantitative estimate of drug-likeness (QED) is 0.323. The molecule has 0 aliphatic rings. The summed E-state index contributed by atoms with van der Waals surface area (Å²) in [5.74, 6) is 0.716. The van der Waals surface area contributed by atoms with Crippen LogP contribution >= 0.6 is 11.6 Å². The molecule has 3 aromatic heterocycles. The van der Waals surface area contributed by atoms with Gasteiger partial charge < -0.3 is 13.9 Å². The van der Waals surface area contributed by atoms with E-state index in [9.17, 15) is 5.26 Å². The lowest BCUT2D eigenvalue weighted by Gasteiger charge is -2.36. The van der Waals surface area contributed by atoms with Gasteiger partial charge in [0.1, 0.15) is 23.1 Å². The maximum atomic E-state index is 9.21. The van der Waals surface area contributed by atoms with Gasteiger partial charge in [0.25, 0.3) is 0 Å². The van der Waals surface area contributed by atoms with E-state index >= 15 is 0 Å². The van der Waals surface area contributed by atoms with Gasteiger partial charge in [0.15, 0.2) is 14.0 Å². The van der Waals surface area contributed by atoms with Gasteiger partial charge in [-0.1, -0.05) is 32.4 Å². The molecule has 0 saturated heterocycles. The number of fused-ring (bicyclic) bond motifs is 1. The molecule has 3 rings (SSSR count). The minimum absolute atomic E-state index is 0.167. The lowest BCUT2D eigenvalue weighted by atomic mass is 10.2. The Kier molecular flexibility index (Phi) is 6.93. The molecule has 0 aliphatic carbocycles. The number of hydrogen-bond acceptors (Lipinski definition) is 6. The molecule has 0 radical (unpaired) electrons. The van der Waals surface area contributed by atoms with Crippen LogP contribution in [0.5, 0.6) is 0 Å². The predicted octanol–water partition coefficient (Wildman–Crippen LogP) is 5.75. The summed E-state index contributed by atoms with van der Waals surface area (Å²) in [5.41, 5.74) is 3.62. The van der Waals surface area contributed by atoms with Crippen LogP contribution in [0.25, 0.3) is 11.2 Å². The Morgan fingerprint density at radius 2 is 1.97 bits per heavy atom. The third-order valence-electron chi connectivity index (χ3n) is 6.17. The molecular formula is C23H31ClN6OSi. The van der Waals surface area contributed by atoms with Crippen molar-refractivity contribution in [3.8, 4) is 6.07 Å².